The van der Waals surface area contributed by atoms with Crippen molar-refractivity contribution >= 4 is 11.9 Å². The number of nitrogens with one attached hydrogen (secondary N) is 2. The Morgan fingerprint density at radius 3 is 3.00 bits per heavy atom. The van der Waals surface area contributed by atoms with Crippen LogP contribution in [0.4, 0.5) is 0 Å². The number of allylic oxidation sites excluding steroid dienone is 3. The predicted molar refractivity (Wildman–Crippen MR) is 46.6 cm³/mol. The van der Waals surface area contributed by atoms with E-state index < -0.39 is 0 Å². The summed E-state index contributed by atoms with van der Waals surface area (Å²) in [6, 6.07) is 0. The van der Waals surface area contributed by atoms with Crippen molar-refractivity contribution in [1.29, 1.82) is 0 Å². The molecule has 0 radical (unpaired) electrons. The largest absolute Gasteiger partial charge is 0.365 e. The van der Waals surface area contributed by atoms with Gasteiger partial charge in [-0.25, -0.2) is 0 Å². The van der Waals surface area contributed by atoms with Gasteiger partial charge in [0.1, 0.15) is 17.6 Å². The lowest BCUT2D eigenvalue weighted by Gasteiger charge is -2.18. The van der Waals surface area contributed by atoms with Gasteiger partial charge < -0.3 is 14.9 Å². The van der Waals surface area contributed by atoms with Crippen LogP contribution in [-0.2, 0) is 4.29 Å². The second kappa shape index (κ2) is 2.95. The minimum atomic E-state index is 0.523. The van der Waals surface area contributed by atoms with E-state index in [-0.39, 0.29) is 0 Å². The molecule has 0 unspecified atom stereocenters. The summed E-state index contributed by atoms with van der Waals surface area (Å²) in [7, 11) is 0. The maximum Gasteiger partial charge on any atom is 0.239 e. The Labute approximate surface area is 75.2 Å². The Morgan fingerprint density at radius 2 is 2.17 bits per heavy atom. The lowest BCUT2D eigenvalue weighted by molar-refractivity contribution is 0.426. The average Bonchev–Trinajstić information content (AvgIpc) is 2.17. The second-order valence-electron chi connectivity index (χ2n) is 2.38. The fourth-order valence-corrected chi connectivity index (χ4v) is 1.25. The van der Waals surface area contributed by atoms with Crippen LogP contribution in [0.25, 0.3) is 0 Å². The molecule has 0 aliphatic carbocycles. The number of fused-ring (bicyclic) bond motifs is 1. The molecular formula is C8H7ClN2O. The van der Waals surface area contributed by atoms with E-state index in [1.807, 2.05) is 24.4 Å². The molecule has 0 fully saturated rings. The Kier molecular flexibility index (Phi) is 1.80. The molecule has 0 saturated heterocycles. The number of hydrogen-bond donors (Lipinski definition) is 2. The molecule has 0 atom stereocenters. The highest BCUT2D eigenvalue weighted by Crippen LogP contribution is 2.20. The standard InChI is InChI=1S/C8H7ClN2O/c9-12-8-7-6(3-5-11-8)2-1-4-10-7/h1-5,10-11H. The normalized spacial score (nSPS) is 19.2. The summed E-state index contributed by atoms with van der Waals surface area (Å²) < 4.78 is 4.61. The molecule has 0 amide bonds. The van der Waals surface area contributed by atoms with Gasteiger partial charge in [-0.2, -0.15) is 0 Å². The van der Waals surface area contributed by atoms with Crippen molar-refractivity contribution in [2.45, 2.75) is 0 Å². The van der Waals surface area contributed by atoms with Gasteiger partial charge in [0.05, 0.1) is 0 Å². The maximum absolute atomic E-state index is 5.25. The third-order valence-corrected chi connectivity index (χ3v) is 1.82. The van der Waals surface area contributed by atoms with E-state index in [9.17, 15) is 0 Å². The molecule has 12 heavy (non-hydrogen) atoms. The van der Waals surface area contributed by atoms with Crippen LogP contribution >= 0.6 is 11.9 Å². The van der Waals surface area contributed by atoms with Crippen molar-refractivity contribution < 1.29 is 4.29 Å². The summed E-state index contributed by atoms with van der Waals surface area (Å²) in [6.07, 6.45) is 9.41. The number of halogens is 1. The minimum absolute atomic E-state index is 0.523. The van der Waals surface area contributed by atoms with Crippen LogP contribution in [-0.4, -0.2) is 0 Å². The summed E-state index contributed by atoms with van der Waals surface area (Å²) in [5, 5.41) is 5.91. The van der Waals surface area contributed by atoms with Gasteiger partial charge in [-0.05, 0) is 12.2 Å². The summed E-state index contributed by atoms with van der Waals surface area (Å²) in [4.78, 5) is 0. The highest BCUT2D eigenvalue weighted by molar-refractivity contribution is 6.08. The predicted octanol–water partition coefficient (Wildman–Crippen LogP) is 1.49. The van der Waals surface area contributed by atoms with Gasteiger partial charge in [-0.1, -0.05) is 6.08 Å². The number of rotatable bonds is 1. The molecule has 0 saturated carbocycles. The van der Waals surface area contributed by atoms with Gasteiger partial charge in [0.25, 0.3) is 0 Å². The van der Waals surface area contributed by atoms with E-state index >= 15 is 0 Å². The smallest absolute Gasteiger partial charge is 0.239 e. The van der Waals surface area contributed by atoms with Crippen LogP contribution < -0.4 is 10.6 Å². The van der Waals surface area contributed by atoms with Crippen molar-refractivity contribution in [2.24, 2.45) is 0 Å². The maximum atomic E-state index is 5.25. The molecule has 2 N–H and O–H groups in total. The molecule has 2 aliphatic heterocycles. The Morgan fingerprint density at radius 1 is 1.25 bits per heavy atom. The fourth-order valence-electron chi connectivity index (χ4n) is 1.13. The van der Waals surface area contributed by atoms with E-state index in [2.05, 4.69) is 14.9 Å². The van der Waals surface area contributed by atoms with Gasteiger partial charge in [0.15, 0.2) is 0 Å². The van der Waals surface area contributed by atoms with Gasteiger partial charge in [0.2, 0.25) is 5.88 Å². The third-order valence-electron chi connectivity index (χ3n) is 1.67. The summed E-state index contributed by atoms with van der Waals surface area (Å²) in [5.74, 6) is 0.523. The second-order valence-corrected chi connectivity index (χ2v) is 2.54. The Hall–Kier alpha value is -1.35. The van der Waals surface area contributed by atoms with Crippen molar-refractivity contribution in [3.8, 4) is 0 Å². The SMILES string of the molecule is ClOC1=C2NC=CC=C2C=CN1. The minimum Gasteiger partial charge on any atom is -0.365 e. The van der Waals surface area contributed by atoms with Crippen molar-refractivity contribution in [3.05, 3.63) is 47.8 Å². The molecular weight excluding hydrogens is 176 g/mol. The molecule has 3 nitrogen and oxygen atoms in total. The van der Waals surface area contributed by atoms with Gasteiger partial charge in [0, 0.05) is 18.0 Å². The number of dihydropyridines is 2. The molecule has 2 aliphatic rings. The van der Waals surface area contributed by atoms with Gasteiger partial charge >= 0.3 is 0 Å². The highest BCUT2D eigenvalue weighted by Gasteiger charge is 2.14. The first-order valence-corrected chi connectivity index (χ1v) is 3.82. The van der Waals surface area contributed by atoms with Crippen LogP contribution in [0.15, 0.2) is 47.8 Å². The molecule has 2 rings (SSSR count). The van der Waals surface area contributed by atoms with Crippen molar-refractivity contribution in [1.82, 2.24) is 10.6 Å². The van der Waals surface area contributed by atoms with Crippen LogP contribution in [0, 0.1) is 0 Å². The highest BCUT2D eigenvalue weighted by atomic mass is 35.5. The van der Waals surface area contributed by atoms with Gasteiger partial charge in [-0.3, -0.25) is 0 Å². The average molecular weight is 183 g/mol. The number of hydrogen-bond acceptors (Lipinski definition) is 3. The van der Waals surface area contributed by atoms with E-state index in [1.54, 1.807) is 6.20 Å². The fraction of sp³-hybridized carbons (Fsp3) is 0. The zero-order valence-electron chi connectivity index (χ0n) is 6.17. The monoisotopic (exact) mass is 182 g/mol. The Balaban J connectivity index is 2.40. The van der Waals surface area contributed by atoms with E-state index in [0.29, 0.717) is 5.88 Å². The van der Waals surface area contributed by atoms with Crippen LogP contribution in [0.1, 0.15) is 0 Å². The van der Waals surface area contributed by atoms with Crippen LogP contribution in [0.3, 0.4) is 0 Å². The van der Waals surface area contributed by atoms with Crippen LogP contribution in [0.2, 0.25) is 0 Å². The first-order chi connectivity index (χ1) is 5.92. The molecule has 4 heteroatoms. The zero-order chi connectivity index (χ0) is 8.39. The van der Waals surface area contributed by atoms with E-state index in [4.69, 9.17) is 11.9 Å². The quantitative estimate of drug-likeness (QED) is 0.645. The Bertz CT molecular complexity index is 315. The molecule has 2 heterocycles. The van der Waals surface area contributed by atoms with E-state index in [1.165, 1.54) is 0 Å². The lowest BCUT2D eigenvalue weighted by atomic mass is 10.1. The zero-order valence-corrected chi connectivity index (χ0v) is 6.93. The van der Waals surface area contributed by atoms with Crippen molar-refractivity contribution in [3.63, 3.8) is 0 Å². The molecule has 62 valence electrons. The molecule has 0 aromatic heterocycles. The first-order valence-electron chi connectivity index (χ1n) is 3.51. The molecule has 0 bridgehead atoms. The summed E-state index contributed by atoms with van der Waals surface area (Å²) >= 11 is 5.25. The summed E-state index contributed by atoms with van der Waals surface area (Å²) in [5.41, 5.74) is 1.90. The van der Waals surface area contributed by atoms with Crippen molar-refractivity contribution in [2.75, 3.05) is 0 Å². The topological polar surface area (TPSA) is 33.3 Å². The molecule has 0 aromatic rings. The first kappa shape index (κ1) is 7.31. The van der Waals surface area contributed by atoms with Crippen LogP contribution in [0.5, 0.6) is 0 Å². The van der Waals surface area contributed by atoms with Gasteiger partial charge in [-0.15, -0.1) is 0 Å². The van der Waals surface area contributed by atoms with E-state index in [0.717, 1.165) is 11.3 Å². The summed E-state index contributed by atoms with van der Waals surface area (Å²) in [6.45, 7) is 0. The molecule has 0 spiro atoms. The molecule has 0 aromatic carbocycles. The third kappa shape index (κ3) is 1.08. The lowest BCUT2D eigenvalue weighted by Crippen LogP contribution is -2.22.